The second-order valence-corrected chi connectivity index (χ2v) is 3.83. The molecule has 0 aliphatic heterocycles. The van der Waals surface area contributed by atoms with Crippen LogP contribution in [0.3, 0.4) is 0 Å². The molecule has 0 aromatic rings. The van der Waals surface area contributed by atoms with E-state index in [2.05, 4.69) is 4.99 Å². The van der Waals surface area contributed by atoms with E-state index in [1.807, 2.05) is 6.92 Å². The molecule has 0 rings (SSSR count). The monoisotopic (exact) mass is 226 g/mol. The van der Waals surface area contributed by atoms with Gasteiger partial charge in [0.1, 0.15) is 5.79 Å². The standard InChI is InChI=1S/C11H22N4O/c1-3-9(10(16)15-4-2)7-5-6-8-11(12,13)14/h3-4H,5-8,12-14H2,1-2H3. The predicted octanol–water partition coefficient (Wildman–Crippen LogP) is 0.640. The maximum atomic E-state index is 11.4. The van der Waals surface area contributed by atoms with Crippen molar-refractivity contribution in [1.29, 1.82) is 0 Å². The zero-order valence-electron chi connectivity index (χ0n) is 10.1. The fourth-order valence-corrected chi connectivity index (χ4v) is 1.32. The molecule has 0 aliphatic carbocycles. The molecule has 5 heteroatoms. The molecule has 0 aromatic heterocycles. The number of rotatable bonds is 6. The first-order chi connectivity index (χ1) is 7.40. The van der Waals surface area contributed by atoms with Crippen molar-refractivity contribution in [3.63, 3.8) is 0 Å². The third-order valence-corrected chi connectivity index (χ3v) is 2.18. The highest BCUT2D eigenvalue weighted by Gasteiger charge is 2.11. The van der Waals surface area contributed by atoms with E-state index in [1.54, 1.807) is 13.0 Å². The lowest BCUT2D eigenvalue weighted by atomic mass is 10.0. The topological polar surface area (TPSA) is 107 Å². The van der Waals surface area contributed by atoms with Gasteiger partial charge in [-0.2, -0.15) is 0 Å². The molecule has 0 unspecified atom stereocenters. The van der Waals surface area contributed by atoms with Gasteiger partial charge < -0.3 is 17.2 Å². The molecule has 0 bridgehead atoms. The number of carbonyl (C=O) groups is 1. The average Bonchev–Trinajstić information content (AvgIpc) is 2.16. The van der Waals surface area contributed by atoms with Gasteiger partial charge in [0.15, 0.2) is 0 Å². The summed E-state index contributed by atoms with van der Waals surface area (Å²) in [5.74, 6) is -1.29. The van der Waals surface area contributed by atoms with Crippen molar-refractivity contribution < 1.29 is 4.79 Å². The summed E-state index contributed by atoms with van der Waals surface area (Å²) in [5, 5.41) is 0. The van der Waals surface area contributed by atoms with E-state index in [-0.39, 0.29) is 5.91 Å². The molecule has 0 spiro atoms. The summed E-state index contributed by atoms with van der Waals surface area (Å²) < 4.78 is 0. The van der Waals surface area contributed by atoms with Crippen LogP contribution in [-0.2, 0) is 4.79 Å². The van der Waals surface area contributed by atoms with Crippen LogP contribution in [0.5, 0.6) is 0 Å². The molecular weight excluding hydrogens is 204 g/mol. The Morgan fingerprint density at radius 2 is 1.88 bits per heavy atom. The van der Waals surface area contributed by atoms with Crippen molar-refractivity contribution in [2.75, 3.05) is 0 Å². The van der Waals surface area contributed by atoms with Crippen LogP contribution in [0.15, 0.2) is 16.6 Å². The number of nitrogens with zero attached hydrogens (tertiary/aromatic N) is 1. The van der Waals surface area contributed by atoms with Gasteiger partial charge in [0.2, 0.25) is 0 Å². The lowest BCUT2D eigenvalue weighted by molar-refractivity contribution is -0.114. The lowest BCUT2D eigenvalue weighted by Gasteiger charge is -2.17. The molecule has 0 atom stereocenters. The maximum absolute atomic E-state index is 11.4. The third kappa shape index (κ3) is 7.28. The zero-order valence-corrected chi connectivity index (χ0v) is 10.1. The second-order valence-electron chi connectivity index (χ2n) is 3.83. The number of carbonyl (C=O) groups excluding carboxylic acids is 1. The van der Waals surface area contributed by atoms with Crippen LogP contribution < -0.4 is 17.2 Å². The largest absolute Gasteiger partial charge is 0.301 e. The Labute approximate surface area is 96.8 Å². The van der Waals surface area contributed by atoms with Gasteiger partial charge >= 0.3 is 0 Å². The summed E-state index contributed by atoms with van der Waals surface area (Å²) in [6, 6.07) is 0. The molecule has 16 heavy (non-hydrogen) atoms. The minimum absolute atomic E-state index is 0.176. The van der Waals surface area contributed by atoms with Crippen molar-refractivity contribution in [3.05, 3.63) is 11.6 Å². The van der Waals surface area contributed by atoms with E-state index < -0.39 is 5.79 Å². The summed E-state index contributed by atoms with van der Waals surface area (Å²) in [4.78, 5) is 15.1. The van der Waals surface area contributed by atoms with E-state index in [9.17, 15) is 4.79 Å². The van der Waals surface area contributed by atoms with Crippen LogP contribution in [0.2, 0.25) is 0 Å². The number of unbranched alkanes of at least 4 members (excludes halogenated alkanes) is 1. The second kappa shape index (κ2) is 7.27. The van der Waals surface area contributed by atoms with Crippen LogP contribution >= 0.6 is 0 Å². The highest BCUT2D eigenvalue weighted by molar-refractivity contribution is 5.97. The Balaban J connectivity index is 3.95. The molecule has 0 fully saturated rings. The quantitative estimate of drug-likeness (QED) is 0.267. The summed E-state index contributed by atoms with van der Waals surface area (Å²) in [7, 11) is 0. The number of hydrogen-bond donors (Lipinski definition) is 3. The summed E-state index contributed by atoms with van der Waals surface area (Å²) in [5.41, 5.74) is 17.0. The molecule has 0 aliphatic rings. The third-order valence-electron chi connectivity index (χ3n) is 2.18. The first-order valence-electron chi connectivity index (χ1n) is 5.45. The normalized spacial score (nSPS) is 13.4. The van der Waals surface area contributed by atoms with E-state index in [0.717, 1.165) is 18.4 Å². The summed E-state index contributed by atoms with van der Waals surface area (Å²) >= 11 is 0. The minimum Gasteiger partial charge on any atom is -0.301 e. The van der Waals surface area contributed by atoms with E-state index >= 15 is 0 Å². The SMILES string of the molecule is CC=NC(=O)C(=CC)CCCCC(N)(N)N. The van der Waals surface area contributed by atoms with E-state index in [1.165, 1.54) is 6.21 Å². The van der Waals surface area contributed by atoms with Gasteiger partial charge in [0.05, 0.1) is 0 Å². The van der Waals surface area contributed by atoms with Crippen LogP contribution in [0, 0.1) is 0 Å². The van der Waals surface area contributed by atoms with Crippen LogP contribution in [-0.4, -0.2) is 17.9 Å². The molecule has 1 amide bonds. The van der Waals surface area contributed by atoms with Crippen LogP contribution in [0.4, 0.5) is 0 Å². The van der Waals surface area contributed by atoms with Gasteiger partial charge in [-0.05, 0) is 39.5 Å². The molecule has 92 valence electrons. The Hall–Kier alpha value is -1.04. The molecule has 6 N–H and O–H groups in total. The molecule has 0 radical (unpaired) electrons. The predicted molar refractivity (Wildman–Crippen MR) is 66.7 cm³/mol. The van der Waals surface area contributed by atoms with Gasteiger partial charge in [-0.1, -0.05) is 6.08 Å². The van der Waals surface area contributed by atoms with Gasteiger partial charge in [0, 0.05) is 11.8 Å². The van der Waals surface area contributed by atoms with Crippen molar-refractivity contribution in [2.24, 2.45) is 22.2 Å². The summed E-state index contributed by atoms with van der Waals surface area (Å²) in [6.45, 7) is 3.55. The van der Waals surface area contributed by atoms with Crippen LogP contribution in [0.25, 0.3) is 0 Å². The Morgan fingerprint density at radius 1 is 1.25 bits per heavy atom. The number of aliphatic imine (C=N–C) groups is 1. The number of hydrogen-bond acceptors (Lipinski definition) is 4. The molecule has 0 aromatic carbocycles. The molecule has 0 heterocycles. The van der Waals surface area contributed by atoms with Gasteiger partial charge in [0.25, 0.3) is 5.91 Å². The van der Waals surface area contributed by atoms with Crippen molar-refractivity contribution in [2.45, 2.75) is 45.3 Å². The highest BCUT2D eigenvalue weighted by Crippen LogP contribution is 2.11. The van der Waals surface area contributed by atoms with Crippen molar-refractivity contribution in [3.8, 4) is 0 Å². The maximum Gasteiger partial charge on any atom is 0.272 e. The average molecular weight is 226 g/mol. The molecular formula is C11H22N4O. The summed E-state index contributed by atoms with van der Waals surface area (Å²) in [6.07, 6.45) is 6.13. The Bertz CT molecular complexity index is 276. The van der Waals surface area contributed by atoms with E-state index in [0.29, 0.717) is 12.8 Å². The first-order valence-corrected chi connectivity index (χ1v) is 5.45. The van der Waals surface area contributed by atoms with Crippen LogP contribution in [0.1, 0.15) is 39.5 Å². The molecule has 0 saturated carbocycles. The fraction of sp³-hybridized carbons (Fsp3) is 0.636. The minimum atomic E-state index is -1.11. The van der Waals surface area contributed by atoms with E-state index in [4.69, 9.17) is 17.2 Å². The zero-order chi connectivity index (χ0) is 12.6. The molecule has 0 saturated heterocycles. The first kappa shape index (κ1) is 15.0. The number of allylic oxidation sites excluding steroid dienone is 1. The van der Waals surface area contributed by atoms with Crippen molar-refractivity contribution >= 4 is 12.1 Å². The van der Waals surface area contributed by atoms with Gasteiger partial charge in [-0.3, -0.25) is 4.79 Å². The highest BCUT2D eigenvalue weighted by atomic mass is 16.1. The van der Waals surface area contributed by atoms with Gasteiger partial charge in [-0.15, -0.1) is 0 Å². The van der Waals surface area contributed by atoms with Gasteiger partial charge in [-0.25, -0.2) is 4.99 Å². The number of amides is 1. The smallest absolute Gasteiger partial charge is 0.272 e. The Kier molecular flexibility index (Phi) is 6.80. The molecule has 5 nitrogen and oxygen atoms in total. The lowest BCUT2D eigenvalue weighted by Crippen LogP contribution is -2.57. The number of nitrogens with two attached hydrogens (primary N) is 3. The Morgan fingerprint density at radius 3 is 2.31 bits per heavy atom. The fourth-order valence-electron chi connectivity index (χ4n) is 1.32. The van der Waals surface area contributed by atoms with Crippen molar-refractivity contribution in [1.82, 2.24) is 0 Å².